The molecule has 0 heterocycles. The van der Waals surface area contributed by atoms with Crippen LogP contribution in [0.1, 0.15) is 35.7 Å². The average molecular weight is 369 g/mol. The van der Waals surface area contributed by atoms with Crippen LogP contribution in [0.2, 0.25) is 0 Å². The van der Waals surface area contributed by atoms with Crippen LogP contribution in [0.3, 0.4) is 0 Å². The minimum absolute atomic E-state index is 0.115. The van der Waals surface area contributed by atoms with Crippen molar-refractivity contribution >= 4 is 17.4 Å². The maximum absolute atomic E-state index is 12.9. The molecular formula is C20H19NO6. The van der Waals surface area contributed by atoms with Crippen LogP contribution in [-0.2, 0) is 14.9 Å². The number of Topliss-reactive ketones (excluding diaryl/α,β-unsaturated/α-hetero) is 1. The van der Waals surface area contributed by atoms with Crippen molar-refractivity contribution in [2.45, 2.75) is 31.3 Å². The van der Waals surface area contributed by atoms with E-state index in [1.807, 2.05) is 19.1 Å². The van der Waals surface area contributed by atoms with Gasteiger partial charge in [0.25, 0.3) is 5.69 Å². The van der Waals surface area contributed by atoms with E-state index in [1.54, 1.807) is 19.2 Å². The number of nitro groups is 1. The molecule has 1 saturated carbocycles. The van der Waals surface area contributed by atoms with E-state index in [0.717, 1.165) is 5.56 Å². The van der Waals surface area contributed by atoms with Crippen LogP contribution in [-0.4, -0.2) is 29.9 Å². The minimum atomic E-state index is -0.834. The highest BCUT2D eigenvalue weighted by Gasteiger charge is 2.47. The Labute approximate surface area is 156 Å². The number of carbonyl (C=O) groups excluding carboxylic acids is 2. The van der Waals surface area contributed by atoms with Crippen molar-refractivity contribution in [3.05, 3.63) is 69.8 Å². The number of rotatable bonds is 5. The standard InChI is InChI=1S/C20H19NO6/c1-20(14-5-9-16(26-2)10-6-14)12-11-17(18(20)22)27-19(23)13-3-7-15(8-4-13)21(24)25/h3-10,17H,11-12H2,1-2H3/t17-,20+/m1/s1. The van der Waals surface area contributed by atoms with Crippen molar-refractivity contribution in [1.82, 2.24) is 0 Å². The van der Waals surface area contributed by atoms with E-state index < -0.39 is 22.4 Å². The first-order valence-corrected chi connectivity index (χ1v) is 8.49. The van der Waals surface area contributed by atoms with E-state index in [9.17, 15) is 19.7 Å². The van der Waals surface area contributed by atoms with E-state index in [0.29, 0.717) is 18.6 Å². The molecule has 2 atom stereocenters. The number of benzene rings is 2. The second kappa shape index (κ2) is 7.19. The fourth-order valence-corrected chi connectivity index (χ4v) is 3.30. The maximum atomic E-state index is 12.9. The third-order valence-electron chi connectivity index (χ3n) is 5.03. The Morgan fingerprint density at radius 3 is 2.33 bits per heavy atom. The summed E-state index contributed by atoms with van der Waals surface area (Å²) in [7, 11) is 1.57. The highest BCUT2D eigenvalue weighted by Crippen LogP contribution is 2.39. The predicted molar refractivity (Wildman–Crippen MR) is 96.9 cm³/mol. The first-order valence-electron chi connectivity index (χ1n) is 8.49. The zero-order chi connectivity index (χ0) is 19.6. The number of ether oxygens (including phenoxy) is 2. The van der Waals surface area contributed by atoms with Gasteiger partial charge in [0.2, 0.25) is 0 Å². The second-order valence-electron chi connectivity index (χ2n) is 6.66. The lowest BCUT2D eigenvalue weighted by Crippen LogP contribution is -2.34. The molecule has 0 unspecified atom stereocenters. The Bertz CT molecular complexity index is 874. The maximum Gasteiger partial charge on any atom is 0.338 e. The van der Waals surface area contributed by atoms with Gasteiger partial charge in [0.15, 0.2) is 11.9 Å². The van der Waals surface area contributed by atoms with Crippen LogP contribution < -0.4 is 4.74 Å². The summed E-state index contributed by atoms with van der Waals surface area (Å²) in [4.78, 5) is 35.3. The number of esters is 1. The van der Waals surface area contributed by atoms with Crippen LogP contribution in [0.5, 0.6) is 5.75 Å². The Morgan fingerprint density at radius 1 is 1.15 bits per heavy atom. The van der Waals surface area contributed by atoms with Crippen molar-refractivity contribution in [2.24, 2.45) is 0 Å². The fourth-order valence-electron chi connectivity index (χ4n) is 3.30. The van der Waals surface area contributed by atoms with Crippen LogP contribution in [0.25, 0.3) is 0 Å². The van der Waals surface area contributed by atoms with Gasteiger partial charge in [-0.25, -0.2) is 4.79 Å². The third-order valence-corrected chi connectivity index (χ3v) is 5.03. The van der Waals surface area contributed by atoms with Gasteiger partial charge < -0.3 is 9.47 Å². The van der Waals surface area contributed by atoms with Crippen molar-refractivity contribution < 1.29 is 24.0 Å². The van der Waals surface area contributed by atoms with Gasteiger partial charge in [-0.1, -0.05) is 12.1 Å². The van der Waals surface area contributed by atoms with Crippen molar-refractivity contribution in [3.63, 3.8) is 0 Å². The number of hydrogen-bond donors (Lipinski definition) is 0. The Morgan fingerprint density at radius 2 is 1.78 bits per heavy atom. The van der Waals surface area contributed by atoms with Gasteiger partial charge in [0.1, 0.15) is 5.75 Å². The molecule has 0 aliphatic heterocycles. The highest BCUT2D eigenvalue weighted by atomic mass is 16.6. The minimum Gasteiger partial charge on any atom is -0.497 e. The number of ketones is 1. The van der Waals surface area contributed by atoms with Crippen LogP contribution >= 0.6 is 0 Å². The average Bonchev–Trinajstić information content (AvgIpc) is 2.97. The summed E-state index contributed by atoms with van der Waals surface area (Å²) in [5.74, 6) is -0.112. The zero-order valence-electron chi connectivity index (χ0n) is 15.0. The number of hydrogen-bond acceptors (Lipinski definition) is 6. The molecule has 0 spiro atoms. The van der Waals surface area contributed by atoms with E-state index in [2.05, 4.69) is 0 Å². The molecule has 3 rings (SSSR count). The molecule has 0 saturated heterocycles. The molecule has 2 aromatic rings. The van der Waals surface area contributed by atoms with Gasteiger partial charge in [-0.05, 0) is 49.6 Å². The second-order valence-corrected chi connectivity index (χ2v) is 6.66. The smallest absolute Gasteiger partial charge is 0.338 e. The monoisotopic (exact) mass is 369 g/mol. The van der Waals surface area contributed by atoms with Gasteiger partial charge in [-0.2, -0.15) is 0 Å². The summed E-state index contributed by atoms with van der Waals surface area (Å²) in [6, 6.07) is 12.4. The number of nitrogens with zero attached hydrogens (tertiary/aromatic N) is 1. The number of carbonyl (C=O) groups is 2. The largest absolute Gasteiger partial charge is 0.497 e. The SMILES string of the molecule is COc1ccc([C@]2(C)CC[C@@H](OC(=O)c3ccc([N+](=O)[O-])cc3)C2=O)cc1. The third kappa shape index (κ3) is 3.53. The number of non-ortho nitro benzene ring substituents is 1. The van der Waals surface area contributed by atoms with Crippen molar-refractivity contribution in [2.75, 3.05) is 7.11 Å². The molecule has 2 aromatic carbocycles. The van der Waals surface area contributed by atoms with Crippen molar-refractivity contribution in [3.8, 4) is 5.75 Å². The van der Waals surface area contributed by atoms with Crippen LogP contribution in [0.15, 0.2) is 48.5 Å². The van der Waals surface area contributed by atoms with Gasteiger partial charge in [0, 0.05) is 12.1 Å². The molecule has 0 bridgehead atoms. The number of nitro benzene ring substituents is 1. The summed E-state index contributed by atoms with van der Waals surface area (Å²) in [5.41, 5.74) is 0.177. The summed E-state index contributed by atoms with van der Waals surface area (Å²) in [5, 5.41) is 10.7. The lowest BCUT2D eigenvalue weighted by molar-refractivity contribution is -0.384. The topological polar surface area (TPSA) is 95.7 Å². The Kier molecular flexibility index (Phi) is 4.94. The summed E-state index contributed by atoms with van der Waals surface area (Å²) in [6.45, 7) is 1.84. The molecule has 27 heavy (non-hydrogen) atoms. The quantitative estimate of drug-likeness (QED) is 0.455. The normalized spacial score (nSPS) is 21.7. The van der Waals surface area contributed by atoms with E-state index >= 15 is 0 Å². The van der Waals surface area contributed by atoms with E-state index in [1.165, 1.54) is 24.3 Å². The molecule has 0 aromatic heterocycles. The highest BCUT2D eigenvalue weighted by molar-refractivity contribution is 5.98. The molecular weight excluding hydrogens is 350 g/mol. The van der Waals surface area contributed by atoms with Crippen molar-refractivity contribution in [1.29, 1.82) is 0 Å². The summed E-state index contributed by atoms with van der Waals surface area (Å²) in [6.07, 6.45) is 0.163. The number of methoxy groups -OCH3 is 1. The summed E-state index contributed by atoms with van der Waals surface area (Å²) >= 11 is 0. The molecule has 1 fully saturated rings. The molecule has 1 aliphatic rings. The molecule has 0 amide bonds. The molecule has 140 valence electrons. The Balaban J connectivity index is 1.72. The Hall–Kier alpha value is -3.22. The lowest BCUT2D eigenvalue weighted by Gasteiger charge is -2.23. The van der Waals surface area contributed by atoms with Crippen LogP contribution in [0.4, 0.5) is 5.69 Å². The first-order chi connectivity index (χ1) is 12.8. The lowest BCUT2D eigenvalue weighted by atomic mass is 9.80. The molecule has 0 N–H and O–H groups in total. The molecule has 7 heteroatoms. The van der Waals surface area contributed by atoms with E-state index in [4.69, 9.17) is 9.47 Å². The van der Waals surface area contributed by atoms with E-state index in [-0.39, 0.29) is 17.0 Å². The predicted octanol–water partition coefficient (Wildman–Crippen LogP) is 3.45. The van der Waals surface area contributed by atoms with Gasteiger partial charge in [-0.15, -0.1) is 0 Å². The first kappa shape index (κ1) is 18.6. The fraction of sp³-hybridized carbons (Fsp3) is 0.300. The van der Waals surface area contributed by atoms with Crippen LogP contribution in [0, 0.1) is 10.1 Å². The van der Waals surface area contributed by atoms with Gasteiger partial charge in [-0.3, -0.25) is 14.9 Å². The summed E-state index contributed by atoms with van der Waals surface area (Å²) < 4.78 is 10.5. The molecule has 0 radical (unpaired) electrons. The molecule has 7 nitrogen and oxygen atoms in total. The molecule has 1 aliphatic carbocycles. The van der Waals surface area contributed by atoms with Gasteiger partial charge in [0.05, 0.1) is 23.0 Å². The van der Waals surface area contributed by atoms with Gasteiger partial charge >= 0.3 is 5.97 Å². The zero-order valence-corrected chi connectivity index (χ0v) is 15.0.